The average molecular weight is 405 g/mol. The minimum absolute atomic E-state index is 0.222. The average Bonchev–Trinajstić information content (AvgIpc) is 3.01. The van der Waals surface area contributed by atoms with Crippen LogP contribution in [0.3, 0.4) is 0 Å². The van der Waals surface area contributed by atoms with Crippen LogP contribution in [0.2, 0.25) is 0 Å². The second kappa shape index (κ2) is 8.34. The lowest BCUT2D eigenvalue weighted by molar-refractivity contribution is -0.385. The molecule has 0 radical (unpaired) electrons. The third-order valence-electron chi connectivity index (χ3n) is 4.40. The number of rotatable bonds is 6. The molecule has 10 heteroatoms. The monoisotopic (exact) mass is 405 g/mol. The minimum atomic E-state index is -0.639. The number of amides is 1. The Morgan fingerprint density at radius 2 is 2.07 bits per heavy atom. The summed E-state index contributed by atoms with van der Waals surface area (Å²) in [6.45, 7) is 1.54. The Bertz CT molecular complexity index is 994. The highest BCUT2D eigenvalue weighted by molar-refractivity contribution is 7.17. The van der Waals surface area contributed by atoms with Gasteiger partial charge in [0.05, 0.1) is 23.3 Å². The van der Waals surface area contributed by atoms with Crippen LogP contribution in [0.25, 0.3) is 0 Å². The lowest BCUT2D eigenvalue weighted by Gasteiger charge is -2.12. The maximum atomic E-state index is 12.5. The molecule has 0 unspecified atom stereocenters. The Balaban J connectivity index is 1.85. The number of pyridine rings is 1. The van der Waals surface area contributed by atoms with E-state index < -0.39 is 28.9 Å². The van der Waals surface area contributed by atoms with Gasteiger partial charge >= 0.3 is 5.97 Å². The zero-order valence-corrected chi connectivity index (χ0v) is 16.0. The molecule has 0 aliphatic heterocycles. The Labute approximate surface area is 164 Å². The summed E-state index contributed by atoms with van der Waals surface area (Å²) >= 11 is 1.34. The van der Waals surface area contributed by atoms with Gasteiger partial charge in [0.1, 0.15) is 11.5 Å². The van der Waals surface area contributed by atoms with E-state index >= 15 is 0 Å². The van der Waals surface area contributed by atoms with Crippen LogP contribution in [0.5, 0.6) is 0 Å². The van der Waals surface area contributed by atoms with Crippen LogP contribution in [0, 0.1) is 10.1 Å². The first-order valence-electron chi connectivity index (χ1n) is 8.87. The van der Waals surface area contributed by atoms with E-state index in [0.717, 1.165) is 59.0 Å². The summed E-state index contributed by atoms with van der Waals surface area (Å²) in [4.78, 5) is 48.1. The summed E-state index contributed by atoms with van der Waals surface area (Å²) in [5.41, 5.74) is 0.474. The zero-order chi connectivity index (χ0) is 20.3. The van der Waals surface area contributed by atoms with Crippen molar-refractivity contribution in [2.45, 2.75) is 39.2 Å². The fourth-order valence-electron chi connectivity index (χ4n) is 3.14. The van der Waals surface area contributed by atoms with E-state index in [9.17, 15) is 24.5 Å². The first-order chi connectivity index (χ1) is 13.4. The Morgan fingerprint density at radius 3 is 2.79 bits per heavy atom. The summed E-state index contributed by atoms with van der Waals surface area (Å²) < 4.78 is 6.10. The molecule has 1 aliphatic carbocycles. The van der Waals surface area contributed by atoms with Gasteiger partial charge in [-0.15, -0.1) is 11.3 Å². The van der Waals surface area contributed by atoms with Crippen molar-refractivity contribution in [3.05, 3.63) is 54.8 Å². The molecule has 2 heterocycles. The van der Waals surface area contributed by atoms with Gasteiger partial charge in [0.25, 0.3) is 11.2 Å². The van der Waals surface area contributed by atoms with Crippen LogP contribution >= 0.6 is 11.3 Å². The molecule has 2 aromatic heterocycles. The number of carbonyl (C=O) groups excluding carboxylic acids is 2. The molecule has 0 fully saturated rings. The van der Waals surface area contributed by atoms with E-state index in [2.05, 4.69) is 5.32 Å². The standard InChI is InChI=1S/C18H19N3O6S/c1-2-27-18(24)16-12-5-3-4-6-13(12)28-17(16)19-14(22)10-20-9-11(21(25)26)7-8-15(20)23/h7-9H,2-6,10H2,1H3,(H,19,22). The minimum Gasteiger partial charge on any atom is -0.462 e. The quantitative estimate of drug-likeness (QED) is 0.448. The molecular weight excluding hydrogens is 386 g/mol. The molecule has 1 amide bonds. The van der Waals surface area contributed by atoms with Crippen molar-refractivity contribution in [3.63, 3.8) is 0 Å². The lowest BCUT2D eigenvalue weighted by atomic mass is 9.95. The molecule has 2 aromatic rings. The van der Waals surface area contributed by atoms with Crippen LogP contribution in [0.4, 0.5) is 10.7 Å². The normalized spacial score (nSPS) is 12.9. The fourth-order valence-corrected chi connectivity index (χ4v) is 4.44. The maximum Gasteiger partial charge on any atom is 0.341 e. The van der Waals surface area contributed by atoms with E-state index in [1.807, 2.05) is 0 Å². The predicted octanol–water partition coefficient (Wildman–Crippen LogP) is 2.51. The van der Waals surface area contributed by atoms with Gasteiger partial charge in [-0.3, -0.25) is 24.3 Å². The molecule has 0 saturated heterocycles. The van der Waals surface area contributed by atoms with Gasteiger partial charge in [-0.1, -0.05) is 0 Å². The first kappa shape index (κ1) is 19.7. The van der Waals surface area contributed by atoms with Crippen molar-refractivity contribution >= 4 is 33.9 Å². The van der Waals surface area contributed by atoms with Gasteiger partial charge in [-0.25, -0.2) is 4.79 Å². The van der Waals surface area contributed by atoms with Crippen LogP contribution in [-0.2, 0) is 28.9 Å². The van der Waals surface area contributed by atoms with Crippen LogP contribution in [0.1, 0.15) is 40.6 Å². The highest BCUT2D eigenvalue weighted by atomic mass is 32.1. The summed E-state index contributed by atoms with van der Waals surface area (Å²) in [5.74, 6) is -1.03. The number of nitrogens with zero attached hydrogens (tertiary/aromatic N) is 2. The van der Waals surface area contributed by atoms with E-state index in [4.69, 9.17) is 4.74 Å². The number of nitrogens with one attached hydrogen (secondary N) is 1. The van der Waals surface area contributed by atoms with E-state index in [1.165, 1.54) is 11.3 Å². The number of aryl methyl sites for hydroxylation is 1. The van der Waals surface area contributed by atoms with Gasteiger partial charge in [-0.05, 0) is 38.2 Å². The second-order valence-corrected chi connectivity index (χ2v) is 7.40. The molecule has 28 heavy (non-hydrogen) atoms. The van der Waals surface area contributed by atoms with E-state index in [0.29, 0.717) is 10.6 Å². The second-order valence-electron chi connectivity index (χ2n) is 6.29. The summed E-state index contributed by atoms with van der Waals surface area (Å²) in [5, 5.41) is 14.0. The van der Waals surface area contributed by atoms with Crippen molar-refractivity contribution < 1.29 is 19.2 Å². The summed E-state index contributed by atoms with van der Waals surface area (Å²) in [7, 11) is 0. The van der Waals surface area contributed by atoms with Crippen molar-refractivity contribution in [2.24, 2.45) is 0 Å². The van der Waals surface area contributed by atoms with Gasteiger partial charge in [0.2, 0.25) is 5.91 Å². The molecule has 1 N–H and O–H groups in total. The number of esters is 1. The number of hydrogen-bond acceptors (Lipinski definition) is 7. The van der Waals surface area contributed by atoms with Crippen molar-refractivity contribution in [2.75, 3.05) is 11.9 Å². The number of thiophene rings is 1. The zero-order valence-electron chi connectivity index (χ0n) is 15.2. The SMILES string of the molecule is CCOC(=O)c1c(NC(=O)Cn2cc([N+](=O)[O-])ccc2=O)sc2c1CCCC2. The van der Waals surface area contributed by atoms with Gasteiger partial charge in [-0.2, -0.15) is 0 Å². The van der Waals surface area contributed by atoms with Crippen molar-refractivity contribution in [3.8, 4) is 0 Å². The molecule has 0 atom stereocenters. The number of aromatic nitrogens is 1. The number of carbonyl (C=O) groups is 2. The number of anilines is 1. The molecule has 0 bridgehead atoms. The fraction of sp³-hybridized carbons (Fsp3) is 0.389. The third kappa shape index (κ3) is 4.11. The molecule has 9 nitrogen and oxygen atoms in total. The molecule has 0 spiro atoms. The third-order valence-corrected chi connectivity index (χ3v) is 5.60. The van der Waals surface area contributed by atoms with Crippen LogP contribution < -0.4 is 10.9 Å². The largest absolute Gasteiger partial charge is 0.462 e. The topological polar surface area (TPSA) is 121 Å². The van der Waals surface area contributed by atoms with Gasteiger partial charge in [0.15, 0.2) is 0 Å². The number of hydrogen-bond donors (Lipinski definition) is 1. The first-order valence-corrected chi connectivity index (χ1v) is 9.68. The number of fused-ring (bicyclic) bond motifs is 1. The van der Waals surface area contributed by atoms with Gasteiger partial charge in [0, 0.05) is 17.0 Å². The smallest absolute Gasteiger partial charge is 0.341 e. The molecule has 0 aromatic carbocycles. The number of nitro groups is 1. The predicted molar refractivity (Wildman–Crippen MR) is 103 cm³/mol. The number of ether oxygens (including phenoxy) is 1. The molecular formula is C18H19N3O6S. The van der Waals surface area contributed by atoms with Crippen molar-refractivity contribution in [1.29, 1.82) is 0 Å². The summed E-state index contributed by atoms with van der Waals surface area (Å²) in [6, 6.07) is 2.13. The Kier molecular flexibility index (Phi) is 5.88. The van der Waals surface area contributed by atoms with E-state index in [1.54, 1.807) is 6.92 Å². The highest BCUT2D eigenvalue weighted by Gasteiger charge is 2.27. The Morgan fingerprint density at radius 1 is 1.32 bits per heavy atom. The van der Waals surface area contributed by atoms with E-state index in [-0.39, 0.29) is 12.3 Å². The summed E-state index contributed by atoms with van der Waals surface area (Å²) in [6.07, 6.45) is 4.60. The maximum absolute atomic E-state index is 12.5. The van der Waals surface area contributed by atoms with Crippen LogP contribution in [-0.4, -0.2) is 28.0 Å². The van der Waals surface area contributed by atoms with Crippen molar-refractivity contribution in [1.82, 2.24) is 4.57 Å². The molecule has 1 aliphatic rings. The van der Waals surface area contributed by atoms with Gasteiger partial charge < -0.3 is 10.1 Å². The molecule has 148 valence electrons. The Hall–Kier alpha value is -3.01. The highest BCUT2D eigenvalue weighted by Crippen LogP contribution is 2.38. The van der Waals surface area contributed by atoms with Crippen LogP contribution in [0.15, 0.2) is 23.1 Å². The lowest BCUT2D eigenvalue weighted by Crippen LogP contribution is -2.27. The molecule has 0 saturated carbocycles. The molecule has 3 rings (SSSR count).